The molecule has 1 N–H and O–H groups in total. The van der Waals surface area contributed by atoms with Crippen molar-refractivity contribution in [3.8, 4) is 5.75 Å². The molecule has 1 aliphatic carbocycles. The van der Waals surface area contributed by atoms with E-state index in [0.29, 0.717) is 0 Å². The molecule has 2 heteroatoms. The van der Waals surface area contributed by atoms with Gasteiger partial charge in [-0.1, -0.05) is 31.5 Å². The third-order valence-electron chi connectivity index (χ3n) is 5.05. The van der Waals surface area contributed by atoms with E-state index < -0.39 is 0 Å². The quantitative estimate of drug-likeness (QED) is 0.781. The van der Waals surface area contributed by atoms with E-state index in [4.69, 9.17) is 4.74 Å². The molecular formula is C19H31NO. The van der Waals surface area contributed by atoms with Gasteiger partial charge in [0.25, 0.3) is 0 Å². The third kappa shape index (κ3) is 3.79. The summed E-state index contributed by atoms with van der Waals surface area (Å²) in [6.07, 6.45) is 6.38. The molecule has 0 aliphatic heterocycles. The van der Waals surface area contributed by atoms with E-state index in [1.807, 2.05) is 0 Å². The van der Waals surface area contributed by atoms with Gasteiger partial charge in [0.05, 0.1) is 7.11 Å². The molecule has 0 radical (unpaired) electrons. The summed E-state index contributed by atoms with van der Waals surface area (Å²) < 4.78 is 5.68. The second kappa shape index (κ2) is 7.31. The maximum atomic E-state index is 5.68. The molecule has 1 saturated carbocycles. The smallest absolute Gasteiger partial charge is 0.122 e. The molecule has 0 amide bonds. The lowest BCUT2D eigenvalue weighted by Crippen LogP contribution is -2.41. The second-order valence-electron chi connectivity index (χ2n) is 6.84. The highest BCUT2D eigenvalue weighted by molar-refractivity contribution is 5.43. The van der Waals surface area contributed by atoms with Crippen molar-refractivity contribution in [3.63, 3.8) is 0 Å². The van der Waals surface area contributed by atoms with Crippen LogP contribution in [0, 0.1) is 12.8 Å². The predicted octanol–water partition coefficient (Wildman–Crippen LogP) is 4.45. The molecule has 0 unspecified atom stereocenters. The topological polar surface area (TPSA) is 21.3 Å². The highest BCUT2D eigenvalue weighted by Crippen LogP contribution is 2.44. The van der Waals surface area contributed by atoms with Crippen LogP contribution in [0.15, 0.2) is 18.2 Å². The lowest BCUT2D eigenvalue weighted by molar-refractivity contribution is 0.227. The Morgan fingerprint density at radius 2 is 2.00 bits per heavy atom. The Morgan fingerprint density at radius 3 is 2.62 bits per heavy atom. The van der Waals surface area contributed by atoms with E-state index in [1.165, 1.54) is 43.2 Å². The van der Waals surface area contributed by atoms with Crippen LogP contribution >= 0.6 is 0 Å². The fourth-order valence-corrected chi connectivity index (χ4v) is 3.60. The first kappa shape index (κ1) is 16.4. The largest absolute Gasteiger partial charge is 0.496 e. The minimum Gasteiger partial charge on any atom is -0.496 e. The summed E-state index contributed by atoms with van der Waals surface area (Å²) >= 11 is 0. The highest BCUT2D eigenvalue weighted by Gasteiger charge is 2.37. The van der Waals surface area contributed by atoms with Gasteiger partial charge in [0.15, 0.2) is 0 Å². The first-order chi connectivity index (χ1) is 10.1. The fraction of sp³-hybridized carbons (Fsp3) is 0.684. The standard InChI is InChI=1S/C19H31NO/c1-5-12-20-14-19(10-8-15(2)9-11-19)17-13-16(3)6-7-18(17)21-4/h6-7,13,15,20H,5,8-12,14H2,1-4H3. The van der Waals surface area contributed by atoms with E-state index >= 15 is 0 Å². The number of aryl methyl sites for hydroxylation is 1. The van der Waals surface area contributed by atoms with Crippen LogP contribution in [-0.4, -0.2) is 20.2 Å². The number of methoxy groups -OCH3 is 1. The van der Waals surface area contributed by atoms with Gasteiger partial charge in [-0.15, -0.1) is 0 Å². The number of hydrogen-bond donors (Lipinski definition) is 1. The lowest BCUT2D eigenvalue weighted by atomic mass is 9.66. The number of rotatable bonds is 6. The second-order valence-corrected chi connectivity index (χ2v) is 6.84. The van der Waals surface area contributed by atoms with Gasteiger partial charge in [-0.3, -0.25) is 0 Å². The molecule has 1 aliphatic rings. The van der Waals surface area contributed by atoms with Gasteiger partial charge in [-0.25, -0.2) is 0 Å². The molecule has 2 rings (SSSR count). The molecule has 1 aromatic carbocycles. The van der Waals surface area contributed by atoms with Crippen molar-refractivity contribution in [2.24, 2.45) is 5.92 Å². The summed E-state index contributed by atoms with van der Waals surface area (Å²) in [5.74, 6) is 1.92. The lowest BCUT2D eigenvalue weighted by Gasteiger charge is -2.41. The summed E-state index contributed by atoms with van der Waals surface area (Å²) in [4.78, 5) is 0. The van der Waals surface area contributed by atoms with Crippen molar-refractivity contribution in [1.82, 2.24) is 5.32 Å². The molecule has 118 valence electrons. The fourth-order valence-electron chi connectivity index (χ4n) is 3.60. The van der Waals surface area contributed by atoms with E-state index in [-0.39, 0.29) is 5.41 Å². The number of nitrogens with one attached hydrogen (secondary N) is 1. The Balaban J connectivity index is 2.32. The first-order valence-electron chi connectivity index (χ1n) is 8.47. The van der Waals surface area contributed by atoms with Crippen molar-refractivity contribution < 1.29 is 4.74 Å². The summed E-state index contributed by atoms with van der Waals surface area (Å²) in [5, 5.41) is 3.67. The zero-order chi connectivity index (χ0) is 15.3. The molecule has 0 bridgehead atoms. The molecule has 1 aromatic rings. The molecule has 2 nitrogen and oxygen atoms in total. The number of hydrogen-bond acceptors (Lipinski definition) is 2. The van der Waals surface area contributed by atoms with Crippen molar-refractivity contribution >= 4 is 0 Å². The molecular weight excluding hydrogens is 258 g/mol. The zero-order valence-electron chi connectivity index (χ0n) is 14.2. The average molecular weight is 289 g/mol. The van der Waals surface area contributed by atoms with Crippen molar-refractivity contribution in [2.75, 3.05) is 20.2 Å². The van der Waals surface area contributed by atoms with Crippen LogP contribution in [0.1, 0.15) is 57.1 Å². The van der Waals surface area contributed by atoms with Gasteiger partial charge in [0.1, 0.15) is 5.75 Å². The summed E-state index contributed by atoms with van der Waals surface area (Å²) in [6.45, 7) is 8.98. The Kier molecular flexibility index (Phi) is 5.69. The SMILES string of the molecule is CCCNCC1(c2cc(C)ccc2OC)CCC(C)CC1. The maximum Gasteiger partial charge on any atom is 0.122 e. The minimum atomic E-state index is 0.249. The van der Waals surface area contributed by atoms with Gasteiger partial charge >= 0.3 is 0 Å². The van der Waals surface area contributed by atoms with Gasteiger partial charge < -0.3 is 10.1 Å². The predicted molar refractivity (Wildman–Crippen MR) is 90.2 cm³/mol. The van der Waals surface area contributed by atoms with Gasteiger partial charge in [0, 0.05) is 17.5 Å². The van der Waals surface area contributed by atoms with Crippen molar-refractivity contribution in [2.45, 2.75) is 58.3 Å². The van der Waals surface area contributed by atoms with Crippen LogP contribution in [0.4, 0.5) is 0 Å². The Bertz CT molecular complexity index is 447. The van der Waals surface area contributed by atoms with Gasteiger partial charge in [-0.2, -0.15) is 0 Å². The molecule has 0 aromatic heterocycles. The van der Waals surface area contributed by atoms with Gasteiger partial charge in [0.2, 0.25) is 0 Å². The molecule has 0 atom stereocenters. The summed E-state index contributed by atoms with van der Waals surface area (Å²) in [7, 11) is 1.80. The molecule has 0 spiro atoms. The van der Waals surface area contributed by atoms with Crippen LogP contribution < -0.4 is 10.1 Å². The Hall–Kier alpha value is -1.02. The van der Waals surface area contributed by atoms with Crippen molar-refractivity contribution in [1.29, 1.82) is 0 Å². The Labute approximate surface area is 130 Å². The van der Waals surface area contributed by atoms with E-state index in [1.54, 1.807) is 7.11 Å². The van der Waals surface area contributed by atoms with Crippen LogP contribution in [0.25, 0.3) is 0 Å². The van der Waals surface area contributed by atoms with Crippen LogP contribution in [0.2, 0.25) is 0 Å². The maximum absolute atomic E-state index is 5.68. The van der Waals surface area contributed by atoms with E-state index in [9.17, 15) is 0 Å². The van der Waals surface area contributed by atoms with E-state index in [2.05, 4.69) is 44.3 Å². The number of benzene rings is 1. The first-order valence-corrected chi connectivity index (χ1v) is 8.47. The summed E-state index contributed by atoms with van der Waals surface area (Å²) in [6, 6.07) is 6.65. The number of ether oxygens (including phenoxy) is 1. The summed E-state index contributed by atoms with van der Waals surface area (Å²) in [5.41, 5.74) is 3.00. The van der Waals surface area contributed by atoms with Gasteiger partial charge in [-0.05, 0) is 57.6 Å². The Morgan fingerprint density at radius 1 is 1.29 bits per heavy atom. The normalized spacial score (nSPS) is 25.8. The molecule has 1 fully saturated rings. The third-order valence-corrected chi connectivity index (χ3v) is 5.05. The average Bonchev–Trinajstić information content (AvgIpc) is 2.50. The van der Waals surface area contributed by atoms with E-state index in [0.717, 1.165) is 24.8 Å². The minimum absolute atomic E-state index is 0.249. The molecule has 0 heterocycles. The van der Waals surface area contributed by atoms with Crippen molar-refractivity contribution in [3.05, 3.63) is 29.3 Å². The van der Waals surface area contributed by atoms with Crippen LogP contribution in [0.5, 0.6) is 5.75 Å². The highest BCUT2D eigenvalue weighted by atomic mass is 16.5. The monoisotopic (exact) mass is 289 g/mol. The zero-order valence-corrected chi connectivity index (χ0v) is 14.2. The molecule has 0 saturated heterocycles. The molecule has 21 heavy (non-hydrogen) atoms. The van der Waals surface area contributed by atoms with Crippen LogP contribution in [0.3, 0.4) is 0 Å². The van der Waals surface area contributed by atoms with Crippen LogP contribution in [-0.2, 0) is 5.41 Å².